The lowest BCUT2D eigenvalue weighted by atomic mass is 10.0. The van der Waals surface area contributed by atoms with E-state index in [1.165, 1.54) is 85.0 Å². The largest absolute Gasteiger partial charge is 0.0656 e. The van der Waals surface area contributed by atoms with E-state index in [1.54, 1.807) is 0 Å². The van der Waals surface area contributed by atoms with Crippen molar-refractivity contribution in [3.05, 3.63) is 143 Å². The highest BCUT2D eigenvalue weighted by Crippen LogP contribution is 2.22. The second-order valence-corrected chi connectivity index (χ2v) is 11.9. The Morgan fingerprint density at radius 3 is 0.889 bits per heavy atom. The zero-order valence-electron chi connectivity index (χ0n) is 30.5. The zero-order chi connectivity index (χ0) is 33.8. The molecule has 240 valence electrons. The summed E-state index contributed by atoms with van der Waals surface area (Å²) in [4.78, 5) is 0. The molecule has 6 rings (SSSR count). The summed E-state index contributed by atoms with van der Waals surface area (Å²) in [5, 5.41) is 8.08. The first-order chi connectivity index (χ1) is 21.6. The molecule has 0 heterocycles. The van der Waals surface area contributed by atoms with Gasteiger partial charge in [0.05, 0.1) is 0 Å². The van der Waals surface area contributed by atoms with Crippen LogP contribution >= 0.6 is 0 Å². The maximum atomic E-state index is 2.24. The van der Waals surface area contributed by atoms with Crippen LogP contribution in [0.4, 0.5) is 0 Å². The van der Waals surface area contributed by atoms with Crippen molar-refractivity contribution in [3.63, 3.8) is 0 Å². The van der Waals surface area contributed by atoms with Gasteiger partial charge in [0.2, 0.25) is 0 Å². The number of aryl methyl sites for hydroxylation is 6. The molecule has 0 aliphatic carbocycles. The molecule has 6 aromatic carbocycles. The van der Waals surface area contributed by atoms with Crippen molar-refractivity contribution < 1.29 is 0 Å². The SMILES string of the molecule is CCC.CCC.CCC.Cc1cc2ccccc2cc1C.Cc1ccc2ccccc2c1C.Cc1ccc2ccccc2c1C. The van der Waals surface area contributed by atoms with Gasteiger partial charge in [-0.3, -0.25) is 0 Å². The number of benzene rings is 6. The molecule has 6 aromatic rings. The summed E-state index contributed by atoms with van der Waals surface area (Å²) < 4.78 is 0. The van der Waals surface area contributed by atoms with Crippen LogP contribution < -0.4 is 0 Å². The Bertz CT molecular complexity index is 1550. The van der Waals surface area contributed by atoms with Crippen molar-refractivity contribution in [1.82, 2.24) is 0 Å². The lowest BCUT2D eigenvalue weighted by Gasteiger charge is -2.04. The normalized spacial score (nSPS) is 9.60. The number of hydrogen-bond donors (Lipinski definition) is 0. The van der Waals surface area contributed by atoms with Gasteiger partial charge < -0.3 is 0 Å². The molecule has 0 saturated carbocycles. The second kappa shape index (κ2) is 21.7. The molecular weight excluding hydrogens is 540 g/mol. The minimum atomic E-state index is 1.25. The van der Waals surface area contributed by atoms with Gasteiger partial charge in [-0.05, 0) is 107 Å². The second-order valence-electron chi connectivity index (χ2n) is 11.9. The van der Waals surface area contributed by atoms with Gasteiger partial charge in [0.15, 0.2) is 0 Å². The van der Waals surface area contributed by atoms with E-state index in [4.69, 9.17) is 0 Å². The summed E-state index contributed by atoms with van der Waals surface area (Å²) in [6.07, 6.45) is 3.75. The molecule has 0 nitrogen and oxygen atoms in total. The molecule has 0 saturated heterocycles. The van der Waals surface area contributed by atoms with Crippen LogP contribution in [0.3, 0.4) is 0 Å². The quantitative estimate of drug-likeness (QED) is 0.163. The molecule has 0 radical (unpaired) electrons. The minimum absolute atomic E-state index is 1.25. The molecule has 0 unspecified atom stereocenters. The first-order valence-electron chi connectivity index (χ1n) is 17.0. The molecule has 0 fully saturated rings. The fourth-order valence-corrected chi connectivity index (χ4v) is 4.54. The highest BCUT2D eigenvalue weighted by molar-refractivity contribution is 5.87. The van der Waals surface area contributed by atoms with Crippen LogP contribution in [0, 0.1) is 41.5 Å². The summed E-state index contributed by atoms with van der Waals surface area (Å²) in [5.74, 6) is 0. The lowest BCUT2D eigenvalue weighted by molar-refractivity contribution is 1.09. The van der Waals surface area contributed by atoms with Crippen LogP contribution in [0.25, 0.3) is 32.3 Å². The van der Waals surface area contributed by atoms with E-state index in [-0.39, 0.29) is 0 Å². The van der Waals surface area contributed by atoms with E-state index >= 15 is 0 Å². The van der Waals surface area contributed by atoms with Crippen LogP contribution in [0.5, 0.6) is 0 Å². The van der Waals surface area contributed by atoms with E-state index in [0.717, 1.165) is 0 Å². The molecular formula is C45H60. The Hall–Kier alpha value is -3.90. The topological polar surface area (TPSA) is 0 Å². The molecule has 0 N–H and O–H groups in total. The van der Waals surface area contributed by atoms with Crippen molar-refractivity contribution in [3.8, 4) is 0 Å². The Morgan fingerprint density at radius 1 is 0.311 bits per heavy atom. The predicted molar refractivity (Wildman–Crippen MR) is 208 cm³/mol. The Morgan fingerprint density at radius 2 is 0.578 bits per heavy atom. The molecule has 0 aliphatic heterocycles. The highest BCUT2D eigenvalue weighted by Gasteiger charge is 1.99. The van der Waals surface area contributed by atoms with Crippen LogP contribution in [-0.2, 0) is 0 Å². The highest BCUT2D eigenvalue weighted by atomic mass is 14.0. The average molecular weight is 601 g/mol. The van der Waals surface area contributed by atoms with E-state index in [9.17, 15) is 0 Å². The average Bonchev–Trinajstić information content (AvgIpc) is 3.04. The van der Waals surface area contributed by atoms with E-state index < -0.39 is 0 Å². The van der Waals surface area contributed by atoms with Gasteiger partial charge in [0, 0.05) is 0 Å². The standard InChI is InChI=1S/3C12H12.3C3H8/c1-9-7-11-5-3-4-6-12(11)8-10(9)2;2*1-9-7-8-11-5-3-4-6-12(11)10(9)2;3*1-3-2/h3*3-8H,1-2H3;3*3H2,1-2H3. The predicted octanol–water partition coefficient (Wildman–Crippen LogP) is 14.6. The first kappa shape index (κ1) is 39.1. The van der Waals surface area contributed by atoms with Gasteiger partial charge in [-0.15, -0.1) is 0 Å². The Labute approximate surface area is 276 Å². The molecule has 0 spiro atoms. The number of rotatable bonds is 0. The smallest absolute Gasteiger partial charge is 0.0152 e. The van der Waals surface area contributed by atoms with Crippen LogP contribution in [-0.4, -0.2) is 0 Å². The molecule has 0 heteroatoms. The molecule has 0 bridgehead atoms. The van der Waals surface area contributed by atoms with E-state index in [2.05, 4.69) is 192 Å². The summed E-state index contributed by atoms with van der Waals surface area (Å²) in [6.45, 7) is 25.7. The van der Waals surface area contributed by atoms with Crippen LogP contribution in [0.1, 0.15) is 94.2 Å². The molecule has 0 aromatic heterocycles. The van der Waals surface area contributed by atoms with Gasteiger partial charge in [-0.1, -0.05) is 170 Å². The number of hydrogen-bond acceptors (Lipinski definition) is 0. The van der Waals surface area contributed by atoms with Crippen LogP contribution in [0.2, 0.25) is 0 Å². The Balaban J connectivity index is 0.000000298. The first-order valence-corrected chi connectivity index (χ1v) is 17.0. The van der Waals surface area contributed by atoms with Crippen molar-refractivity contribution in [1.29, 1.82) is 0 Å². The van der Waals surface area contributed by atoms with Gasteiger partial charge in [0.1, 0.15) is 0 Å². The summed E-state index contributed by atoms with van der Waals surface area (Å²) >= 11 is 0. The van der Waals surface area contributed by atoms with Crippen molar-refractivity contribution >= 4 is 32.3 Å². The molecule has 0 atom stereocenters. The summed E-state index contributed by atoms with van der Waals surface area (Å²) in [6, 6.07) is 38.7. The fourth-order valence-electron chi connectivity index (χ4n) is 4.54. The van der Waals surface area contributed by atoms with E-state index in [0.29, 0.717) is 0 Å². The van der Waals surface area contributed by atoms with Crippen molar-refractivity contribution in [2.45, 2.75) is 102 Å². The number of fused-ring (bicyclic) bond motifs is 3. The fraction of sp³-hybridized carbons (Fsp3) is 0.333. The van der Waals surface area contributed by atoms with Gasteiger partial charge in [0.25, 0.3) is 0 Å². The third-order valence-corrected chi connectivity index (χ3v) is 7.30. The minimum Gasteiger partial charge on any atom is -0.0656 e. The third-order valence-electron chi connectivity index (χ3n) is 7.30. The Kier molecular flexibility index (Phi) is 18.9. The molecule has 0 aliphatic rings. The lowest BCUT2D eigenvalue weighted by Crippen LogP contribution is -1.82. The maximum absolute atomic E-state index is 2.24. The van der Waals surface area contributed by atoms with Crippen LogP contribution in [0.15, 0.2) is 109 Å². The monoisotopic (exact) mass is 600 g/mol. The van der Waals surface area contributed by atoms with Crippen molar-refractivity contribution in [2.75, 3.05) is 0 Å². The van der Waals surface area contributed by atoms with Gasteiger partial charge in [-0.25, -0.2) is 0 Å². The van der Waals surface area contributed by atoms with Gasteiger partial charge >= 0.3 is 0 Å². The summed E-state index contributed by atoms with van der Waals surface area (Å²) in [7, 11) is 0. The maximum Gasteiger partial charge on any atom is -0.0152 e. The van der Waals surface area contributed by atoms with E-state index in [1.807, 2.05) is 0 Å². The molecule has 0 amide bonds. The third kappa shape index (κ3) is 12.9. The molecule has 45 heavy (non-hydrogen) atoms. The summed E-state index contributed by atoms with van der Waals surface area (Å²) in [5.41, 5.74) is 8.27. The zero-order valence-corrected chi connectivity index (χ0v) is 30.5. The van der Waals surface area contributed by atoms with Gasteiger partial charge in [-0.2, -0.15) is 0 Å². The van der Waals surface area contributed by atoms with Crippen molar-refractivity contribution in [2.24, 2.45) is 0 Å².